The first kappa shape index (κ1) is 26.4. The lowest BCUT2D eigenvalue weighted by molar-refractivity contribution is -0.140. The van der Waals surface area contributed by atoms with Crippen molar-refractivity contribution in [3.05, 3.63) is 16.1 Å². The monoisotopic (exact) mass is 521 g/mol. The summed E-state index contributed by atoms with van der Waals surface area (Å²) in [6.07, 6.45) is -3.45. The van der Waals surface area contributed by atoms with Gasteiger partial charge in [0.15, 0.2) is 11.7 Å². The minimum atomic E-state index is -4.40. The summed E-state index contributed by atoms with van der Waals surface area (Å²) in [7, 11) is 0. The Bertz CT molecular complexity index is 553. The van der Waals surface area contributed by atoms with E-state index in [1.54, 1.807) is 0 Å². The van der Waals surface area contributed by atoms with Crippen molar-refractivity contribution in [3.8, 4) is 0 Å². The summed E-state index contributed by atoms with van der Waals surface area (Å²) in [6, 6.07) is 0.981. The lowest BCUT2D eigenvalue weighted by Crippen LogP contribution is -2.41. The van der Waals surface area contributed by atoms with Crippen LogP contribution in [-0.4, -0.2) is 47.6 Å². The molecule has 1 heterocycles. The summed E-state index contributed by atoms with van der Waals surface area (Å²) in [5.74, 6) is 0.594. The minimum Gasteiger partial charge on any atom is -0.357 e. The molecule has 0 unspecified atom stereocenters. The van der Waals surface area contributed by atoms with Gasteiger partial charge < -0.3 is 10.6 Å². The smallest absolute Gasteiger partial charge is 0.357 e. The average molecular weight is 521 g/mol. The zero-order valence-electron chi connectivity index (χ0n) is 16.6. The summed E-state index contributed by atoms with van der Waals surface area (Å²) < 4.78 is 37.8. The van der Waals surface area contributed by atoms with E-state index in [0.717, 1.165) is 36.2 Å². The van der Waals surface area contributed by atoms with E-state index in [1.807, 2.05) is 6.92 Å². The van der Waals surface area contributed by atoms with Crippen LogP contribution in [0.4, 0.5) is 13.2 Å². The number of guanidine groups is 1. The van der Waals surface area contributed by atoms with Crippen LogP contribution in [0.1, 0.15) is 51.7 Å². The molecule has 27 heavy (non-hydrogen) atoms. The molecule has 0 saturated carbocycles. The molecule has 0 atom stereocenters. The Labute approximate surface area is 181 Å². The number of aromatic nitrogens is 1. The highest BCUT2D eigenvalue weighted by atomic mass is 127. The van der Waals surface area contributed by atoms with E-state index < -0.39 is 11.9 Å². The Balaban J connectivity index is 0.00000676. The zero-order chi connectivity index (χ0) is 19.7. The number of aliphatic imine (C=N–C) groups is 1. The molecule has 0 saturated heterocycles. The fourth-order valence-electron chi connectivity index (χ4n) is 2.58. The second-order valence-electron chi connectivity index (χ2n) is 6.53. The SMILES string of the molecule is CCNC(=NCc1nc(C(F)(F)F)cs1)NCCCN(C(C)C)C(C)C.I. The Morgan fingerprint density at radius 3 is 2.33 bits per heavy atom. The molecular formula is C17H31F3IN5S. The fraction of sp³-hybridized carbons (Fsp3) is 0.765. The third-order valence-corrected chi connectivity index (χ3v) is 4.60. The van der Waals surface area contributed by atoms with Crippen LogP contribution in [0.25, 0.3) is 0 Å². The van der Waals surface area contributed by atoms with Gasteiger partial charge in [-0.25, -0.2) is 9.98 Å². The molecule has 5 nitrogen and oxygen atoms in total. The quantitative estimate of drug-likeness (QED) is 0.220. The van der Waals surface area contributed by atoms with E-state index in [1.165, 1.54) is 0 Å². The lowest BCUT2D eigenvalue weighted by Gasteiger charge is -2.30. The topological polar surface area (TPSA) is 52.6 Å². The molecule has 158 valence electrons. The Kier molecular flexibility index (Phi) is 12.5. The van der Waals surface area contributed by atoms with Gasteiger partial charge in [-0.15, -0.1) is 35.3 Å². The van der Waals surface area contributed by atoms with Crippen molar-refractivity contribution in [2.45, 2.75) is 65.8 Å². The van der Waals surface area contributed by atoms with Crippen molar-refractivity contribution in [2.75, 3.05) is 19.6 Å². The molecule has 1 rings (SSSR count). The number of alkyl halides is 3. The number of nitrogens with one attached hydrogen (secondary N) is 2. The molecule has 0 spiro atoms. The van der Waals surface area contributed by atoms with Gasteiger partial charge >= 0.3 is 6.18 Å². The van der Waals surface area contributed by atoms with E-state index in [0.29, 0.717) is 29.6 Å². The zero-order valence-corrected chi connectivity index (χ0v) is 19.7. The predicted molar refractivity (Wildman–Crippen MR) is 117 cm³/mol. The molecule has 0 aromatic carbocycles. The van der Waals surface area contributed by atoms with Crippen LogP contribution >= 0.6 is 35.3 Å². The molecule has 0 bridgehead atoms. The largest absolute Gasteiger partial charge is 0.434 e. The van der Waals surface area contributed by atoms with Gasteiger partial charge in [-0.05, 0) is 41.0 Å². The number of rotatable bonds is 9. The molecule has 0 amide bonds. The van der Waals surface area contributed by atoms with Gasteiger partial charge in [0.05, 0.1) is 6.54 Å². The number of halogens is 4. The van der Waals surface area contributed by atoms with Gasteiger partial charge in [0, 0.05) is 37.1 Å². The Morgan fingerprint density at radius 1 is 1.22 bits per heavy atom. The highest BCUT2D eigenvalue weighted by molar-refractivity contribution is 14.0. The van der Waals surface area contributed by atoms with Crippen LogP contribution < -0.4 is 10.6 Å². The maximum absolute atomic E-state index is 12.6. The van der Waals surface area contributed by atoms with Gasteiger partial charge in [0.2, 0.25) is 0 Å². The second kappa shape index (κ2) is 12.8. The van der Waals surface area contributed by atoms with Crippen LogP contribution in [0.3, 0.4) is 0 Å². The molecule has 1 aromatic rings. The third-order valence-electron chi connectivity index (χ3n) is 3.77. The summed E-state index contributed by atoms with van der Waals surface area (Å²) >= 11 is 0.975. The maximum atomic E-state index is 12.6. The van der Waals surface area contributed by atoms with E-state index in [-0.39, 0.29) is 30.5 Å². The molecule has 10 heteroatoms. The molecule has 1 aromatic heterocycles. The molecule has 0 aliphatic rings. The molecule has 0 fully saturated rings. The van der Waals surface area contributed by atoms with Crippen LogP contribution in [0.5, 0.6) is 0 Å². The first-order valence-electron chi connectivity index (χ1n) is 8.94. The third kappa shape index (κ3) is 9.93. The van der Waals surface area contributed by atoms with Gasteiger partial charge in [-0.3, -0.25) is 4.90 Å². The standard InChI is InChI=1S/C17H30F3N5S.HI/c1-6-21-16(22-8-7-9-25(12(2)3)13(4)5)23-10-15-24-14(11-26-15)17(18,19)20;/h11-13H,6-10H2,1-5H3,(H2,21,22,23);1H. The first-order valence-corrected chi connectivity index (χ1v) is 9.82. The van der Waals surface area contributed by atoms with Crippen LogP contribution in [0.15, 0.2) is 10.4 Å². The van der Waals surface area contributed by atoms with Crippen molar-refractivity contribution in [2.24, 2.45) is 4.99 Å². The van der Waals surface area contributed by atoms with Crippen molar-refractivity contribution in [3.63, 3.8) is 0 Å². The second-order valence-corrected chi connectivity index (χ2v) is 7.47. The molecule has 2 N–H and O–H groups in total. The van der Waals surface area contributed by atoms with Crippen molar-refractivity contribution < 1.29 is 13.2 Å². The average Bonchev–Trinajstić information content (AvgIpc) is 3.00. The molecule has 0 radical (unpaired) electrons. The van der Waals surface area contributed by atoms with Gasteiger partial charge in [-0.2, -0.15) is 13.2 Å². The van der Waals surface area contributed by atoms with Crippen molar-refractivity contribution >= 4 is 41.3 Å². The first-order chi connectivity index (χ1) is 12.1. The number of nitrogens with zero attached hydrogens (tertiary/aromatic N) is 3. The fourth-order valence-corrected chi connectivity index (χ4v) is 3.31. The van der Waals surface area contributed by atoms with E-state index in [2.05, 4.69) is 53.2 Å². The summed E-state index contributed by atoms with van der Waals surface area (Å²) in [5.41, 5.74) is -0.854. The highest BCUT2D eigenvalue weighted by Crippen LogP contribution is 2.30. The number of hydrogen-bond donors (Lipinski definition) is 2. The molecule has 0 aliphatic carbocycles. The number of thiazole rings is 1. The molecule has 0 aliphatic heterocycles. The highest BCUT2D eigenvalue weighted by Gasteiger charge is 2.33. The van der Waals surface area contributed by atoms with E-state index >= 15 is 0 Å². The van der Waals surface area contributed by atoms with Crippen LogP contribution in [0.2, 0.25) is 0 Å². The Morgan fingerprint density at radius 2 is 1.85 bits per heavy atom. The summed E-state index contributed by atoms with van der Waals surface area (Å²) in [5, 5.41) is 7.70. The summed E-state index contributed by atoms with van der Waals surface area (Å²) in [4.78, 5) is 10.3. The van der Waals surface area contributed by atoms with Crippen LogP contribution in [-0.2, 0) is 12.7 Å². The lowest BCUT2D eigenvalue weighted by atomic mass is 10.2. The van der Waals surface area contributed by atoms with E-state index in [4.69, 9.17) is 0 Å². The normalized spacial score (nSPS) is 12.6. The van der Waals surface area contributed by atoms with Crippen LogP contribution in [0, 0.1) is 0 Å². The van der Waals surface area contributed by atoms with Crippen molar-refractivity contribution in [1.82, 2.24) is 20.5 Å². The maximum Gasteiger partial charge on any atom is 0.434 e. The van der Waals surface area contributed by atoms with Crippen molar-refractivity contribution in [1.29, 1.82) is 0 Å². The molecular weight excluding hydrogens is 490 g/mol. The van der Waals surface area contributed by atoms with Gasteiger partial charge in [-0.1, -0.05) is 0 Å². The van der Waals surface area contributed by atoms with E-state index in [9.17, 15) is 13.2 Å². The number of hydrogen-bond acceptors (Lipinski definition) is 4. The summed E-state index contributed by atoms with van der Waals surface area (Å²) in [6.45, 7) is 13.2. The van der Waals surface area contributed by atoms with Gasteiger partial charge in [0.25, 0.3) is 0 Å². The minimum absolute atomic E-state index is 0. The Hall–Kier alpha value is -0.620. The predicted octanol–water partition coefficient (Wildman–Crippen LogP) is 4.34. The van der Waals surface area contributed by atoms with Gasteiger partial charge in [0.1, 0.15) is 5.01 Å².